The van der Waals surface area contributed by atoms with Crippen molar-refractivity contribution in [3.8, 4) is 5.75 Å². The van der Waals surface area contributed by atoms with Crippen LogP contribution in [0.25, 0.3) is 0 Å². The van der Waals surface area contributed by atoms with Gasteiger partial charge in [0.25, 0.3) is 0 Å². The number of aromatic hydroxyl groups is 1. The third-order valence-electron chi connectivity index (χ3n) is 4.04. The van der Waals surface area contributed by atoms with E-state index in [9.17, 15) is 5.11 Å². The van der Waals surface area contributed by atoms with Crippen LogP contribution in [0.2, 0.25) is 0 Å². The molecule has 0 bridgehead atoms. The summed E-state index contributed by atoms with van der Waals surface area (Å²) in [5.41, 5.74) is 1.22. The van der Waals surface area contributed by atoms with Gasteiger partial charge in [-0.25, -0.2) is 0 Å². The molecule has 106 valence electrons. The van der Waals surface area contributed by atoms with E-state index in [2.05, 4.69) is 50.7 Å². The molecule has 0 heterocycles. The van der Waals surface area contributed by atoms with Crippen LogP contribution in [-0.4, -0.2) is 23.1 Å². The van der Waals surface area contributed by atoms with Crippen molar-refractivity contribution in [2.24, 2.45) is 5.92 Å². The zero-order valence-corrected chi connectivity index (χ0v) is 14.7. The molecule has 0 radical (unpaired) electrons. The number of phenolic OH excluding ortho intramolecular Hbond substituents is 1. The van der Waals surface area contributed by atoms with Crippen molar-refractivity contribution in [3.63, 3.8) is 0 Å². The van der Waals surface area contributed by atoms with Gasteiger partial charge in [0.15, 0.2) is 0 Å². The monoisotopic (exact) mass is 389 g/mol. The topological polar surface area (TPSA) is 23.5 Å². The Balaban J connectivity index is 2.04. The van der Waals surface area contributed by atoms with Crippen LogP contribution in [0.3, 0.4) is 0 Å². The fourth-order valence-electron chi connectivity index (χ4n) is 2.93. The molecule has 0 saturated heterocycles. The summed E-state index contributed by atoms with van der Waals surface area (Å²) in [5, 5.41) is 9.74. The molecule has 1 aliphatic carbocycles. The second-order valence-corrected chi connectivity index (χ2v) is 7.46. The molecule has 1 saturated carbocycles. The molecule has 0 amide bonds. The molecular weight excluding hydrogens is 370 g/mol. The van der Waals surface area contributed by atoms with Gasteiger partial charge in [-0.1, -0.05) is 19.8 Å². The van der Waals surface area contributed by atoms with E-state index < -0.39 is 0 Å². The summed E-state index contributed by atoms with van der Waals surface area (Å²) in [4.78, 5) is 2.45. The number of halogens is 2. The van der Waals surface area contributed by atoms with Gasteiger partial charge in [-0.3, -0.25) is 4.90 Å². The van der Waals surface area contributed by atoms with E-state index in [1.165, 1.54) is 31.2 Å². The molecule has 0 spiro atoms. The maximum Gasteiger partial charge on any atom is 0.143 e. The van der Waals surface area contributed by atoms with Crippen molar-refractivity contribution in [1.29, 1.82) is 0 Å². The molecule has 1 aromatic carbocycles. The van der Waals surface area contributed by atoms with Crippen LogP contribution >= 0.6 is 31.9 Å². The first-order valence-corrected chi connectivity index (χ1v) is 8.43. The van der Waals surface area contributed by atoms with E-state index in [1.54, 1.807) is 0 Å². The maximum atomic E-state index is 9.74. The minimum atomic E-state index is 0.276. The molecule has 2 unspecified atom stereocenters. The Morgan fingerprint density at radius 3 is 2.47 bits per heavy atom. The highest BCUT2D eigenvalue weighted by atomic mass is 79.9. The largest absolute Gasteiger partial charge is 0.506 e. The van der Waals surface area contributed by atoms with Crippen LogP contribution in [-0.2, 0) is 6.54 Å². The Kier molecular flexibility index (Phi) is 5.32. The number of phenols is 1. The van der Waals surface area contributed by atoms with Gasteiger partial charge in [0.2, 0.25) is 0 Å². The van der Waals surface area contributed by atoms with Crippen LogP contribution in [0.15, 0.2) is 21.1 Å². The van der Waals surface area contributed by atoms with Gasteiger partial charge < -0.3 is 5.11 Å². The lowest BCUT2D eigenvalue weighted by Crippen LogP contribution is -2.35. The Morgan fingerprint density at radius 2 is 1.89 bits per heavy atom. The number of rotatable bonds is 3. The summed E-state index contributed by atoms with van der Waals surface area (Å²) < 4.78 is 1.50. The van der Waals surface area contributed by atoms with Gasteiger partial charge in [0.1, 0.15) is 5.75 Å². The van der Waals surface area contributed by atoms with Crippen molar-refractivity contribution < 1.29 is 5.11 Å². The minimum absolute atomic E-state index is 0.276. The zero-order valence-electron chi connectivity index (χ0n) is 11.5. The van der Waals surface area contributed by atoms with Crippen LogP contribution < -0.4 is 0 Å². The van der Waals surface area contributed by atoms with Crippen LogP contribution in [0.5, 0.6) is 5.75 Å². The third kappa shape index (κ3) is 3.96. The summed E-state index contributed by atoms with van der Waals surface area (Å²) in [7, 11) is 2.21. The van der Waals surface area contributed by atoms with Crippen molar-refractivity contribution >= 4 is 31.9 Å². The van der Waals surface area contributed by atoms with E-state index in [0.29, 0.717) is 6.04 Å². The maximum absolute atomic E-state index is 9.74. The number of hydrogen-bond donors (Lipinski definition) is 1. The zero-order chi connectivity index (χ0) is 14.0. The van der Waals surface area contributed by atoms with Crippen molar-refractivity contribution in [2.75, 3.05) is 7.05 Å². The SMILES string of the molecule is CC1CCCC(N(C)Cc2cc(Br)c(O)c(Br)c2)C1. The van der Waals surface area contributed by atoms with Crippen molar-refractivity contribution in [2.45, 2.75) is 45.2 Å². The molecule has 1 N–H and O–H groups in total. The third-order valence-corrected chi connectivity index (χ3v) is 5.25. The van der Waals surface area contributed by atoms with Gasteiger partial charge in [-0.05, 0) is 75.4 Å². The quantitative estimate of drug-likeness (QED) is 0.790. The van der Waals surface area contributed by atoms with Gasteiger partial charge in [0.05, 0.1) is 8.95 Å². The highest BCUT2D eigenvalue weighted by molar-refractivity contribution is 9.11. The molecule has 4 heteroatoms. The standard InChI is InChI=1S/C15H21Br2NO/c1-10-4-3-5-12(6-10)18(2)9-11-7-13(16)15(19)14(17)8-11/h7-8,10,12,19H,3-6,9H2,1-2H3. The van der Waals surface area contributed by atoms with E-state index in [4.69, 9.17) is 0 Å². The summed E-state index contributed by atoms with van der Waals surface area (Å²) in [6.45, 7) is 3.28. The van der Waals surface area contributed by atoms with E-state index in [0.717, 1.165) is 21.4 Å². The first kappa shape index (κ1) is 15.3. The molecule has 1 aromatic rings. The number of hydrogen-bond acceptors (Lipinski definition) is 2. The molecule has 1 aliphatic rings. The summed E-state index contributed by atoms with van der Waals surface area (Å²) in [5.74, 6) is 1.12. The highest BCUT2D eigenvalue weighted by Gasteiger charge is 2.22. The average molecular weight is 391 g/mol. The lowest BCUT2D eigenvalue weighted by atomic mass is 9.86. The Hall–Kier alpha value is -0.0600. The van der Waals surface area contributed by atoms with E-state index >= 15 is 0 Å². The van der Waals surface area contributed by atoms with E-state index in [1.807, 2.05) is 12.1 Å². The number of benzene rings is 1. The van der Waals surface area contributed by atoms with Gasteiger partial charge in [-0.15, -0.1) is 0 Å². The minimum Gasteiger partial charge on any atom is -0.506 e. The predicted molar refractivity (Wildman–Crippen MR) is 86.4 cm³/mol. The molecular formula is C15H21Br2NO. The Labute approximate surface area is 132 Å². The Morgan fingerprint density at radius 1 is 1.26 bits per heavy atom. The first-order chi connectivity index (χ1) is 8.97. The summed E-state index contributed by atoms with van der Waals surface area (Å²) >= 11 is 6.79. The van der Waals surface area contributed by atoms with Crippen molar-refractivity contribution in [3.05, 3.63) is 26.6 Å². The molecule has 0 aromatic heterocycles. The lowest BCUT2D eigenvalue weighted by molar-refractivity contribution is 0.157. The normalized spacial score (nSPS) is 23.8. The smallest absolute Gasteiger partial charge is 0.143 e. The fourth-order valence-corrected chi connectivity index (χ4v) is 4.21. The average Bonchev–Trinajstić information content (AvgIpc) is 2.36. The number of nitrogens with zero attached hydrogens (tertiary/aromatic N) is 1. The van der Waals surface area contributed by atoms with Crippen LogP contribution in [0.1, 0.15) is 38.2 Å². The van der Waals surface area contributed by atoms with Crippen LogP contribution in [0.4, 0.5) is 0 Å². The lowest BCUT2D eigenvalue weighted by Gasteiger charge is -2.34. The second-order valence-electron chi connectivity index (χ2n) is 5.75. The second kappa shape index (κ2) is 6.59. The fraction of sp³-hybridized carbons (Fsp3) is 0.600. The predicted octanol–water partition coefficient (Wildman–Crippen LogP) is 4.93. The van der Waals surface area contributed by atoms with Gasteiger partial charge >= 0.3 is 0 Å². The van der Waals surface area contributed by atoms with Gasteiger partial charge in [0, 0.05) is 12.6 Å². The van der Waals surface area contributed by atoms with Gasteiger partial charge in [-0.2, -0.15) is 0 Å². The molecule has 2 atom stereocenters. The molecule has 2 nitrogen and oxygen atoms in total. The summed E-state index contributed by atoms with van der Waals surface area (Å²) in [6.07, 6.45) is 5.33. The highest BCUT2D eigenvalue weighted by Crippen LogP contribution is 2.34. The van der Waals surface area contributed by atoms with E-state index in [-0.39, 0.29) is 5.75 Å². The molecule has 0 aliphatic heterocycles. The molecule has 19 heavy (non-hydrogen) atoms. The first-order valence-electron chi connectivity index (χ1n) is 6.84. The van der Waals surface area contributed by atoms with Crippen LogP contribution in [0, 0.1) is 5.92 Å². The Bertz CT molecular complexity index is 427. The van der Waals surface area contributed by atoms with Crippen molar-refractivity contribution in [1.82, 2.24) is 4.90 Å². The molecule has 1 fully saturated rings. The summed E-state index contributed by atoms with van der Waals surface area (Å²) in [6, 6.07) is 4.70. The molecule has 2 rings (SSSR count).